The third-order valence-corrected chi connectivity index (χ3v) is 4.98. The number of thiophene rings is 1. The Morgan fingerprint density at radius 2 is 2.08 bits per heavy atom. The van der Waals surface area contributed by atoms with Crippen molar-refractivity contribution in [3.63, 3.8) is 0 Å². The van der Waals surface area contributed by atoms with Crippen molar-refractivity contribution < 1.29 is 9.47 Å². The second-order valence-corrected chi connectivity index (χ2v) is 6.79. The minimum atomic E-state index is 0.253. The molecule has 0 saturated carbocycles. The summed E-state index contributed by atoms with van der Waals surface area (Å²) in [5.41, 5.74) is 2.11. The smallest absolute Gasteiger partial charge is 0.142 e. The monoisotopic (exact) mass is 341 g/mol. The average molecular weight is 341 g/mol. The van der Waals surface area contributed by atoms with Crippen molar-refractivity contribution in [2.75, 3.05) is 18.5 Å². The zero-order valence-corrected chi connectivity index (χ0v) is 14.3. The molecule has 0 aliphatic carbocycles. The molecule has 3 heterocycles. The van der Waals surface area contributed by atoms with Gasteiger partial charge in [-0.3, -0.25) is 0 Å². The van der Waals surface area contributed by atoms with Crippen molar-refractivity contribution in [2.45, 2.75) is 25.9 Å². The maximum absolute atomic E-state index is 6.12. The highest BCUT2D eigenvalue weighted by atomic mass is 32.1. The van der Waals surface area contributed by atoms with Crippen molar-refractivity contribution in [1.82, 2.24) is 9.97 Å². The molecule has 4 rings (SSSR count). The molecule has 0 atom stereocenters. The van der Waals surface area contributed by atoms with Crippen LogP contribution in [0.5, 0.6) is 5.75 Å². The van der Waals surface area contributed by atoms with E-state index >= 15 is 0 Å². The van der Waals surface area contributed by atoms with E-state index < -0.39 is 0 Å². The summed E-state index contributed by atoms with van der Waals surface area (Å²) >= 11 is 1.62. The van der Waals surface area contributed by atoms with Gasteiger partial charge in [-0.05, 0) is 42.1 Å². The molecular weight excluding hydrogens is 322 g/mol. The van der Waals surface area contributed by atoms with E-state index in [2.05, 4.69) is 28.3 Å². The SMILES string of the molecule is Cc1cc(Nc2ncnc3sccc23)ccc1OC1CCOCC1. The first-order valence-electron chi connectivity index (χ1n) is 8.10. The number of hydrogen-bond donors (Lipinski definition) is 1. The highest BCUT2D eigenvalue weighted by molar-refractivity contribution is 7.16. The van der Waals surface area contributed by atoms with Gasteiger partial charge in [-0.25, -0.2) is 9.97 Å². The summed E-state index contributed by atoms with van der Waals surface area (Å²) in [7, 11) is 0. The summed E-state index contributed by atoms with van der Waals surface area (Å²) in [5, 5.41) is 6.46. The van der Waals surface area contributed by atoms with Gasteiger partial charge in [0.2, 0.25) is 0 Å². The Balaban J connectivity index is 1.52. The van der Waals surface area contributed by atoms with Crippen LogP contribution in [-0.2, 0) is 4.74 Å². The molecule has 0 bridgehead atoms. The number of anilines is 2. The predicted molar refractivity (Wildman–Crippen MR) is 96.3 cm³/mol. The van der Waals surface area contributed by atoms with Crippen LogP contribution in [0.2, 0.25) is 0 Å². The lowest BCUT2D eigenvalue weighted by molar-refractivity contribution is 0.0253. The van der Waals surface area contributed by atoms with Gasteiger partial charge in [-0.1, -0.05) is 0 Å². The topological polar surface area (TPSA) is 56.3 Å². The first-order valence-corrected chi connectivity index (χ1v) is 8.98. The van der Waals surface area contributed by atoms with Crippen LogP contribution < -0.4 is 10.1 Å². The molecule has 0 unspecified atom stereocenters. The molecule has 1 aromatic carbocycles. The molecule has 2 aromatic heterocycles. The Kier molecular flexibility index (Phi) is 4.32. The first-order chi connectivity index (χ1) is 11.8. The summed E-state index contributed by atoms with van der Waals surface area (Å²) in [5.74, 6) is 1.77. The summed E-state index contributed by atoms with van der Waals surface area (Å²) in [6.07, 6.45) is 3.76. The number of aromatic nitrogens is 2. The zero-order chi connectivity index (χ0) is 16.4. The fourth-order valence-electron chi connectivity index (χ4n) is 2.86. The molecular formula is C18H19N3O2S. The number of nitrogens with zero attached hydrogens (tertiary/aromatic N) is 2. The van der Waals surface area contributed by atoms with Crippen molar-refractivity contribution in [1.29, 1.82) is 0 Å². The standard InChI is InChI=1S/C18H19N3O2S/c1-12-10-13(2-3-16(12)23-14-4-7-22-8-5-14)21-17-15-6-9-24-18(15)20-11-19-17/h2-3,6,9-11,14H,4-5,7-8H2,1H3,(H,19,20,21). The van der Waals surface area contributed by atoms with Gasteiger partial charge in [0.25, 0.3) is 0 Å². The highest BCUT2D eigenvalue weighted by Gasteiger charge is 2.16. The number of aryl methyl sites for hydroxylation is 1. The molecule has 24 heavy (non-hydrogen) atoms. The average Bonchev–Trinajstić information content (AvgIpc) is 3.08. The van der Waals surface area contributed by atoms with E-state index in [1.165, 1.54) is 0 Å². The lowest BCUT2D eigenvalue weighted by Crippen LogP contribution is -2.26. The van der Waals surface area contributed by atoms with Crippen LogP contribution in [0.15, 0.2) is 36.0 Å². The van der Waals surface area contributed by atoms with E-state index in [1.807, 2.05) is 23.6 Å². The van der Waals surface area contributed by atoms with Gasteiger partial charge in [0.15, 0.2) is 0 Å². The Bertz CT molecular complexity index is 843. The third kappa shape index (κ3) is 3.20. The van der Waals surface area contributed by atoms with Crippen LogP contribution in [-0.4, -0.2) is 29.3 Å². The highest BCUT2D eigenvalue weighted by Crippen LogP contribution is 2.29. The number of benzene rings is 1. The zero-order valence-electron chi connectivity index (χ0n) is 13.5. The van der Waals surface area contributed by atoms with Gasteiger partial charge in [0.1, 0.15) is 28.8 Å². The van der Waals surface area contributed by atoms with Gasteiger partial charge >= 0.3 is 0 Å². The van der Waals surface area contributed by atoms with E-state index in [9.17, 15) is 0 Å². The second kappa shape index (κ2) is 6.75. The Morgan fingerprint density at radius 3 is 2.92 bits per heavy atom. The summed E-state index contributed by atoms with van der Waals surface area (Å²) < 4.78 is 11.5. The number of fused-ring (bicyclic) bond motifs is 1. The number of nitrogens with one attached hydrogen (secondary N) is 1. The number of ether oxygens (including phenoxy) is 2. The maximum Gasteiger partial charge on any atom is 0.142 e. The Hall–Kier alpha value is -2.18. The third-order valence-electron chi connectivity index (χ3n) is 4.16. The van der Waals surface area contributed by atoms with E-state index in [1.54, 1.807) is 17.7 Å². The Labute approximate surface area is 144 Å². The molecule has 124 valence electrons. The van der Waals surface area contributed by atoms with Gasteiger partial charge in [0, 0.05) is 18.5 Å². The summed E-state index contributed by atoms with van der Waals surface area (Å²) in [6, 6.07) is 8.19. The van der Waals surface area contributed by atoms with E-state index in [0.717, 1.165) is 59.1 Å². The molecule has 1 aliphatic heterocycles. The molecule has 0 radical (unpaired) electrons. The number of hydrogen-bond acceptors (Lipinski definition) is 6. The number of rotatable bonds is 4. The molecule has 3 aromatic rings. The van der Waals surface area contributed by atoms with Crippen LogP contribution in [0.1, 0.15) is 18.4 Å². The molecule has 1 fully saturated rings. The van der Waals surface area contributed by atoms with E-state index in [-0.39, 0.29) is 6.10 Å². The lowest BCUT2D eigenvalue weighted by atomic mass is 10.1. The molecule has 1 saturated heterocycles. The fraction of sp³-hybridized carbons (Fsp3) is 0.333. The minimum absolute atomic E-state index is 0.253. The van der Waals surface area contributed by atoms with Crippen molar-refractivity contribution in [2.24, 2.45) is 0 Å². The molecule has 0 spiro atoms. The summed E-state index contributed by atoms with van der Waals surface area (Å²) in [6.45, 7) is 3.64. The van der Waals surface area contributed by atoms with Crippen LogP contribution in [0.4, 0.5) is 11.5 Å². The van der Waals surface area contributed by atoms with Crippen molar-refractivity contribution in [3.8, 4) is 5.75 Å². The van der Waals surface area contributed by atoms with Crippen LogP contribution in [0.25, 0.3) is 10.2 Å². The molecule has 1 aliphatic rings. The van der Waals surface area contributed by atoms with E-state index in [4.69, 9.17) is 9.47 Å². The largest absolute Gasteiger partial charge is 0.490 e. The van der Waals surface area contributed by atoms with Gasteiger partial charge < -0.3 is 14.8 Å². The fourth-order valence-corrected chi connectivity index (χ4v) is 3.59. The molecule has 6 heteroatoms. The second-order valence-electron chi connectivity index (χ2n) is 5.90. The minimum Gasteiger partial charge on any atom is -0.490 e. The van der Waals surface area contributed by atoms with Crippen molar-refractivity contribution in [3.05, 3.63) is 41.5 Å². The van der Waals surface area contributed by atoms with E-state index in [0.29, 0.717) is 0 Å². The van der Waals surface area contributed by atoms with Gasteiger partial charge in [-0.2, -0.15) is 0 Å². The predicted octanol–water partition coefficient (Wildman–Crippen LogP) is 4.30. The molecule has 1 N–H and O–H groups in total. The van der Waals surface area contributed by atoms with Gasteiger partial charge in [-0.15, -0.1) is 11.3 Å². The van der Waals surface area contributed by atoms with Crippen LogP contribution in [0.3, 0.4) is 0 Å². The normalized spacial score (nSPS) is 15.5. The quantitative estimate of drug-likeness (QED) is 0.767. The maximum atomic E-state index is 6.12. The Morgan fingerprint density at radius 1 is 1.21 bits per heavy atom. The first kappa shape index (κ1) is 15.4. The van der Waals surface area contributed by atoms with Gasteiger partial charge in [0.05, 0.1) is 18.6 Å². The summed E-state index contributed by atoms with van der Waals surface area (Å²) in [4.78, 5) is 9.63. The van der Waals surface area contributed by atoms with Crippen molar-refractivity contribution >= 4 is 33.1 Å². The lowest BCUT2D eigenvalue weighted by Gasteiger charge is -2.24. The molecule has 5 nitrogen and oxygen atoms in total. The molecule has 0 amide bonds. The van der Waals surface area contributed by atoms with Crippen LogP contribution >= 0.6 is 11.3 Å². The van der Waals surface area contributed by atoms with Crippen LogP contribution in [0, 0.1) is 6.92 Å².